The highest BCUT2D eigenvalue weighted by Crippen LogP contribution is 2.52. The summed E-state index contributed by atoms with van der Waals surface area (Å²) in [5, 5.41) is 10.9. The van der Waals surface area contributed by atoms with Crippen LogP contribution in [0.2, 0.25) is 0 Å². The molecule has 4 aromatic rings. The molecule has 43 heavy (non-hydrogen) atoms. The van der Waals surface area contributed by atoms with Crippen LogP contribution in [0, 0.1) is 5.41 Å². The van der Waals surface area contributed by atoms with Gasteiger partial charge in [0.25, 0.3) is 5.91 Å². The van der Waals surface area contributed by atoms with Crippen LogP contribution in [-0.2, 0) is 16.2 Å². The number of hydrogen-bond acceptors (Lipinski definition) is 9. The number of fused-ring (bicyclic) bond motifs is 2. The Kier molecular flexibility index (Phi) is 9.09. The lowest BCUT2D eigenvalue weighted by atomic mass is 9.69. The molecule has 2 aliphatic heterocycles. The quantitative estimate of drug-likeness (QED) is 0.314. The number of ether oxygens (including phenoxy) is 2. The number of nitrogens with zero attached hydrogens (tertiary/aromatic N) is 4. The lowest BCUT2D eigenvalue weighted by Crippen LogP contribution is -2.40. The van der Waals surface area contributed by atoms with Gasteiger partial charge in [0.2, 0.25) is 16.9 Å². The number of carbonyl (C=O) groups is 2. The molecular formula is C31H33FN6O4S. The van der Waals surface area contributed by atoms with Crippen molar-refractivity contribution in [2.24, 2.45) is 11.1 Å². The molecule has 0 radical (unpaired) electrons. The van der Waals surface area contributed by atoms with E-state index in [0.29, 0.717) is 49.2 Å². The second-order valence-electron chi connectivity index (χ2n) is 10.5. The van der Waals surface area contributed by atoms with Gasteiger partial charge in [0.15, 0.2) is 0 Å². The average Bonchev–Trinajstić information content (AvgIpc) is 3.51. The Bertz CT molecular complexity index is 1600. The number of pyridine rings is 1. The molecule has 1 atom stereocenters. The number of alkyl halides is 1. The van der Waals surface area contributed by atoms with E-state index in [9.17, 15) is 14.0 Å². The molecule has 0 aliphatic carbocycles. The number of carbonyl (C=O) groups excluding carboxylic acids is 2. The fourth-order valence-electron chi connectivity index (χ4n) is 5.25. The van der Waals surface area contributed by atoms with E-state index in [1.807, 2.05) is 74.5 Å². The largest absolute Gasteiger partial charge is 0.438 e. The molecule has 4 heterocycles. The van der Waals surface area contributed by atoms with Crippen LogP contribution < -0.4 is 15.8 Å². The number of halogens is 1. The van der Waals surface area contributed by atoms with Gasteiger partial charge in [-0.15, -0.1) is 10.2 Å². The molecule has 0 bridgehead atoms. The minimum absolute atomic E-state index is 0.0176. The van der Waals surface area contributed by atoms with Crippen molar-refractivity contribution in [2.75, 3.05) is 38.7 Å². The van der Waals surface area contributed by atoms with Gasteiger partial charge in [0, 0.05) is 41.3 Å². The third kappa shape index (κ3) is 6.12. The summed E-state index contributed by atoms with van der Waals surface area (Å²) in [6, 6.07) is 18.8. The van der Waals surface area contributed by atoms with E-state index in [4.69, 9.17) is 14.5 Å². The van der Waals surface area contributed by atoms with Gasteiger partial charge in [0.1, 0.15) is 17.4 Å². The summed E-state index contributed by atoms with van der Waals surface area (Å²) < 4.78 is 24.6. The van der Waals surface area contributed by atoms with Crippen molar-refractivity contribution >= 4 is 28.3 Å². The van der Waals surface area contributed by atoms with Crippen LogP contribution in [0.3, 0.4) is 0 Å². The van der Waals surface area contributed by atoms with Gasteiger partial charge in [-0.3, -0.25) is 9.59 Å². The number of morpholine rings is 1. The van der Waals surface area contributed by atoms with E-state index >= 15 is 0 Å². The number of amides is 2. The standard InChI is InChI=1S/C30H28FN5O4S.CH5N/c1-30(2,28(38)33-29-35-34-24(17-31)41-29)25-20-5-3-4-6-23(20)40-26-21(25)11-12-22(32-26)18-7-9-19(10-8-18)27(37)36-13-15-39-16-14-36;1-2/h3-12,25H,13-17H2,1-2H3,(H,33,35,38);2H2,1H3. The Hall–Kier alpha value is -4.26. The molecule has 6 rings (SSSR count). The average molecular weight is 605 g/mol. The summed E-state index contributed by atoms with van der Waals surface area (Å²) in [5.41, 5.74) is 7.31. The number of benzene rings is 2. The topological polar surface area (TPSA) is 133 Å². The van der Waals surface area contributed by atoms with Gasteiger partial charge in [-0.2, -0.15) is 0 Å². The van der Waals surface area contributed by atoms with Crippen LogP contribution >= 0.6 is 11.3 Å². The summed E-state index contributed by atoms with van der Waals surface area (Å²) in [4.78, 5) is 33.1. The first-order valence-electron chi connectivity index (χ1n) is 13.9. The normalized spacial score (nSPS) is 15.7. The zero-order valence-electron chi connectivity index (χ0n) is 24.2. The number of aromatic nitrogens is 3. The van der Waals surface area contributed by atoms with Crippen LogP contribution in [0.5, 0.6) is 11.6 Å². The molecule has 10 nitrogen and oxygen atoms in total. The molecule has 3 N–H and O–H groups in total. The monoisotopic (exact) mass is 604 g/mol. The zero-order valence-corrected chi connectivity index (χ0v) is 25.0. The Labute approximate surface area is 253 Å². The van der Waals surface area contributed by atoms with Crippen molar-refractivity contribution in [3.8, 4) is 22.9 Å². The van der Waals surface area contributed by atoms with Crippen molar-refractivity contribution in [3.63, 3.8) is 0 Å². The van der Waals surface area contributed by atoms with Gasteiger partial charge >= 0.3 is 0 Å². The molecule has 2 aromatic heterocycles. The molecule has 0 spiro atoms. The highest BCUT2D eigenvalue weighted by atomic mass is 32.1. The maximum Gasteiger partial charge on any atom is 0.254 e. The lowest BCUT2D eigenvalue weighted by Gasteiger charge is -2.37. The Balaban J connectivity index is 0.00000180. The molecule has 12 heteroatoms. The molecule has 1 unspecified atom stereocenters. The summed E-state index contributed by atoms with van der Waals surface area (Å²) in [6.45, 7) is 5.24. The lowest BCUT2D eigenvalue weighted by molar-refractivity contribution is -0.124. The summed E-state index contributed by atoms with van der Waals surface area (Å²) >= 11 is 1.01. The van der Waals surface area contributed by atoms with E-state index in [0.717, 1.165) is 28.0 Å². The molecular weight excluding hydrogens is 571 g/mol. The number of rotatable bonds is 6. The van der Waals surface area contributed by atoms with Gasteiger partial charge in [-0.25, -0.2) is 9.37 Å². The van der Waals surface area contributed by atoms with E-state index in [-0.39, 0.29) is 27.9 Å². The smallest absolute Gasteiger partial charge is 0.254 e. The van der Waals surface area contributed by atoms with Crippen molar-refractivity contribution in [1.29, 1.82) is 0 Å². The van der Waals surface area contributed by atoms with Crippen LogP contribution in [-0.4, -0.2) is 65.2 Å². The van der Waals surface area contributed by atoms with E-state index in [1.54, 1.807) is 4.90 Å². The first-order valence-corrected chi connectivity index (χ1v) is 14.7. The van der Waals surface area contributed by atoms with Crippen molar-refractivity contribution in [3.05, 3.63) is 82.4 Å². The van der Waals surface area contributed by atoms with Crippen molar-refractivity contribution < 1.29 is 23.5 Å². The maximum absolute atomic E-state index is 13.6. The summed E-state index contributed by atoms with van der Waals surface area (Å²) in [6.07, 6.45) is 0. The van der Waals surface area contributed by atoms with Gasteiger partial charge in [-0.1, -0.05) is 61.6 Å². The predicted molar refractivity (Wildman–Crippen MR) is 162 cm³/mol. The molecule has 2 aliphatic rings. The molecule has 1 fully saturated rings. The zero-order chi connectivity index (χ0) is 30.6. The number of nitrogens with two attached hydrogens (primary N) is 1. The number of para-hydroxylation sites is 1. The van der Waals surface area contributed by atoms with Gasteiger partial charge in [0.05, 0.1) is 24.3 Å². The van der Waals surface area contributed by atoms with Crippen molar-refractivity contribution in [2.45, 2.75) is 26.4 Å². The second-order valence-corrected chi connectivity index (χ2v) is 11.5. The van der Waals surface area contributed by atoms with E-state index in [2.05, 4.69) is 21.2 Å². The fourth-order valence-corrected chi connectivity index (χ4v) is 5.84. The van der Waals surface area contributed by atoms with Crippen LogP contribution in [0.1, 0.15) is 46.3 Å². The third-order valence-corrected chi connectivity index (χ3v) is 8.28. The number of hydrogen-bond donors (Lipinski definition) is 2. The molecule has 224 valence electrons. The SMILES string of the molecule is CC(C)(C(=O)Nc1nnc(CF)s1)C1c2ccccc2Oc2nc(-c3ccc(C(=O)N4CCOCC4)cc3)ccc21.CN. The Morgan fingerprint density at radius 1 is 1.02 bits per heavy atom. The summed E-state index contributed by atoms with van der Waals surface area (Å²) in [5.74, 6) is 0.354. The van der Waals surface area contributed by atoms with Gasteiger partial charge < -0.3 is 25.4 Å². The molecule has 2 amide bonds. The molecule has 2 aromatic carbocycles. The fraction of sp³-hybridized carbons (Fsp3) is 0.323. The maximum atomic E-state index is 13.6. The van der Waals surface area contributed by atoms with E-state index in [1.165, 1.54) is 7.05 Å². The molecule has 0 saturated carbocycles. The Morgan fingerprint density at radius 3 is 2.44 bits per heavy atom. The number of anilines is 1. The Morgan fingerprint density at radius 2 is 1.74 bits per heavy atom. The van der Waals surface area contributed by atoms with Crippen LogP contribution in [0.4, 0.5) is 9.52 Å². The van der Waals surface area contributed by atoms with Gasteiger partial charge in [-0.05, 0) is 31.3 Å². The summed E-state index contributed by atoms with van der Waals surface area (Å²) in [7, 11) is 1.50. The van der Waals surface area contributed by atoms with Crippen LogP contribution in [0.25, 0.3) is 11.3 Å². The second kappa shape index (κ2) is 12.9. The minimum Gasteiger partial charge on any atom is -0.438 e. The molecule has 1 saturated heterocycles. The van der Waals surface area contributed by atoms with Crippen molar-refractivity contribution in [1.82, 2.24) is 20.1 Å². The highest BCUT2D eigenvalue weighted by Gasteiger charge is 2.44. The highest BCUT2D eigenvalue weighted by molar-refractivity contribution is 7.15. The predicted octanol–water partition coefficient (Wildman–Crippen LogP) is 5.02. The van der Waals surface area contributed by atoms with Crippen LogP contribution in [0.15, 0.2) is 60.7 Å². The third-order valence-electron chi connectivity index (χ3n) is 7.47. The number of nitrogens with one attached hydrogen (secondary N) is 1. The van der Waals surface area contributed by atoms with E-state index < -0.39 is 12.1 Å². The minimum atomic E-state index is -0.957. The first kappa shape index (κ1) is 30.2. The first-order chi connectivity index (χ1) is 20.8.